The van der Waals surface area contributed by atoms with Crippen LogP contribution in [0.15, 0.2) is 6.33 Å². The molecule has 0 spiro atoms. The maximum Gasteiger partial charge on any atom is 0.313 e. The van der Waals surface area contributed by atoms with E-state index < -0.39 is 6.08 Å². The largest absolute Gasteiger partial charge is 0.357 e. The van der Waals surface area contributed by atoms with E-state index in [9.17, 15) is 4.39 Å². The summed E-state index contributed by atoms with van der Waals surface area (Å²) in [5.41, 5.74) is 0. The molecule has 1 N–H and O–H groups in total. The molecule has 1 rings (SSSR count). The van der Waals surface area contributed by atoms with Crippen LogP contribution >= 0.6 is 0 Å². The van der Waals surface area contributed by atoms with Crippen molar-refractivity contribution in [1.29, 1.82) is 0 Å². The SMILES string of the molecule is CNc1ncnc(F)n1. The number of halogens is 1. The van der Waals surface area contributed by atoms with Gasteiger partial charge in [-0.15, -0.1) is 0 Å². The molecule has 5 heteroatoms. The molecule has 0 aromatic carbocycles. The molecule has 1 aromatic rings. The lowest BCUT2D eigenvalue weighted by Crippen LogP contribution is -1.98. The molecule has 0 unspecified atom stereocenters. The van der Waals surface area contributed by atoms with Gasteiger partial charge in [0.1, 0.15) is 6.33 Å². The first-order valence-corrected chi connectivity index (χ1v) is 2.35. The van der Waals surface area contributed by atoms with Gasteiger partial charge in [-0.2, -0.15) is 14.4 Å². The lowest BCUT2D eigenvalue weighted by Gasteiger charge is -1.92. The molecular weight excluding hydrogens is 123 g/mol. The van der Waals surface area contributed by atoms with Gasteiger partial charge in [-0.3, -0.25) is 0 Å². The van der Waals surface area contributed by atoms with E-state index in [1.54, 1.807) is 7.05 Å². The summed E-state index contributed by atoms with van der Waals surface area (Å²) >= 11 is 0. The minimum absolute atomic E-state index is 0.238. The van der Waals surface area contributed by atoms with Crippen LogP contribution < -0.4 is 5.32 Å². The van der Waals surface area contributed by atoms with E-state index in [0.29, 0.717) is 0 Å². The van der Waals surface area contributed by atoms with E-state index in [-0.39, 0.29) is 5.95 Å². The second-order valence-corrected chi connectivity index (χ2v) is 1.33. The first kappa shape index (κ1) is 5.87. The fourth-order valence-corrected chi connectivity index (χ4v) is 0.397. The third-order valence-electron chi connectivity index (χ3n) is 0.766. The number of rotatable bonds is 1. The smallest absolute Gasteiger partial charge is 0.313 e. The predicted molar refractivity (Wildman–Crippen MR) is 29.3 cm³/mol. The topological polar surface area (TPSA) is 50.7 Å². The maximum atomic E-state index is 12.1. The van der Waals surface area contributed by atoms with Crippen molar-refractivity contribution < 1.29 is 4.39 Å². The van der Waals surface area contributed by atoms with Crippen LogP contribution in [0.1, 0.15) is 0 Å². The van der Waals surface area contributed by atoms with Crippen LogP contribution in [0.25, 0.3) is 0 Å². The third kappa shape index (κ3) is 1.31. The zero-order chi connectivity index (χ0) is 6.69. The Morgan fingerprint density at radius 3 is 2.78 bits per heavy atom. The Hall–Kier alpha value is -1.26. The standard InChI is InChI=1S/C4H5FN4/c1-6-4-8-2-7-3(5)9-4/h2H,1H3,(H,6,7,8,9). The van der Waals surface area contributed by atoms with Gasteiger partial charge in [0.15, 0.2) is 0 Å². The first-order chi connectivity index (χ1) is 4.33. The molecule has 0 radical (unpaired) electrons. The van der Waals surface area contributed by atoms with Crippen molar-refractivity contribution in [3.05, 3.63) is 12.4 Å². The van der Waals surface area contributed by atoms with E-state index in [1.807, 2.05) is 0 Å². The molecule has 9 heavy (non-hydrogen) atoms. The molecule has 0 fully saturated rings. The minimum Gasteiger partial charge on any atom is -0.357 e. The fourth-order valence-electron chi connectivity index (χ4n) is 0.397. The zero-order valence-corrected chi connectivity index (χ0v) is 4.80. The lowest BCUT2D eigenvalue weighted by molar-refractivity contribution is 0.534. The van der Waals surface area contributed by atoms with Gasteiger partial charge < -0.3 is 5.32 Å². The summed E-state index contributed by atoms with van der Waals surface area (Å²) < 4.78 is 12.1. The highest BCUT2D eigenvalue weighted by Gasteiger charge is 1.92. The summed E-state index contributed by atoms with van der Waals surface area (Å²) in [6.07, 6.45) is 0.336. The van der Waals surface area contributed by atoms with Gasteiger partial charge in [0, 0.05) is 7.05 Å². The van der Waals surface area contributed by atoms with Gasteiger partial charge in [-0.05, 0) is 0 Å². The van der Waals surface area contributed by atoms with Crippen LogP contribution in [-0.4, -0.2) is 22.0 Å². The monoisotopic (exact) mass is 128 g/mol. The van der Waals surface area contributed by atoms with Crippen molar-refractivity contribution in [2.24, 2.45) is 0 Å². The van der Waals surface area contributed by atoms with Crippen LogP contribution in [0, 0.1) is 6.08 Å². The highest BCUT2D eigenvalue weighted by Crippen LogP contribution is 1.91. The molecule has 1 heterocycles. The average molecular weight is 128 g/mol. The van der Waals surface area contributed by atoms with Gasteiger partial charge in [-0.1, -0.05) is 0 Å². The molecule has 0 amide bonds. The maximum absolute atomic E-state index is 12.1. The predicted octanol–water partition coefficient (Wildman–Crippen LogP) is 0.0524. The third-order valence-corrected chi connectivity index (χ3v) is 0.766. The summed E-state index contributed by atoms with van der Waals surface area (Å²) in [6.45, 7) is 0. The van der Waals surface area contributed by atoms with Gasteiger partial charge in [-0.25, -0.2) is 4.98 Å². The van der Waals surface area contributed by atoms with Gasteiger partial charge in [0.25, 0.3) is 0 Å². The second-order valence-electron chi connectivity index (χ2n) is 1.33. The Morgan fingerprint density at radius 2 is 2.33 bits per heavy atom. The Labute approximate surface area is 51.2 Å². The van der Waals surface area contributed by atoms with E-state index in [0.717, 1.165) is 6.33 Å². The fraction of sp³-hybridized carbons (Fsp3) is 0.250. The highest BCUT2D eigenvalue weighted by atomic mass is 19.1. The summed E-state index contributed by atoms with van der Waals surface area (Å²) in [5.74, 6) is 0.238. The molecule has 0 saturated heterocycles. The van der Waals surface area contributed by atoms with Crippen LogP contribution in [0.3, 0.4) is 0 Å². The Kier molecular flexibility index (Phi) is 1.53. The molecule has 4 nitrogen and oxygen atoms in total. The summed E-state index contributed by atoms with van der Waals surface area (Å²) in [7, 11) is 1.61. The molecule has 0 atom stereocenters. The van der Waals surface area contributed by atoms with E-state index in [2.05, 4.69) is 20.3 Å². The lowest BCUT2D eigenvalue weighted by atomic mass is 10.9. The van der Waals surface area contributed by atoms with Crippen LogP contribution in [0.4, 0.5) is 10.3 Å². The molecule has 48 valence electrons. The zero-order valence-electron chi connectivity index (χ0n) is 4.80. The van der Waals surface area contributed by atoms with Crippen molar-refractivity contribution in [1.82, 2.24) is 15.0 Å². The van der Waals surface area contributed by atoms with Crippen molar-refractivity contribution in [2.45, 2.75) is 0 Å². The van der Waals surface area contributed by atoms with Crippen molar-refractivity contribution >= 4 is 5.95 Å². The van der Waals surface area contributed by atoms with E-state index in [1.165, 1.54) is 0 Å². The molecule has 1 aromatic heterocycles. The van der Waals surface area contributed by atoms with Crippen molar-refractivity contribution in [3.8, 4) is 0 Å². The molecule has 0 aliphatic heterocycles. The van der Waals surface area contributed by atoms with E-state index >= 15 is 0 Å². The van der Waals surface area contributed by atoms with Gasteiger partial charge in [0.05, 0.1) is 0 Å². The molecular formula is C4H5FN4. The summed E-state index contributed by atoms with van der Waals surface area (Å²) in [5, 5.41) is 2.57. The van der Waals surface area contributed by atoms with Crippen LogP contribution in [-0.2, 0) is 0 Å². The molecule has 0 aliphatic carbocycles. The molecule has 0 aliphatic rings. The number of anilines is 1. The Balaban J connectivity index is 2.94. The molecule has 0 saturated carbocycles. The van der Waals surface area contributed by atoms with Crippen LogP contribution in [0.2, 0.25) is 0 Å². The quantitative estimate of drug-likeness (QED) is 0.580. The van der Waals surface area contributed by atoms with Crippen molar-refractivity contribution in [2.75, 3.05) is 12.4 Å². The Morgan fingerprint density at radius 1 is 1.56 bits per heavy atom. The highest BCUT2D eigenvalue weighted by molar-refractivity contribution is 5.18. The normalized spacial score (nSPS) is 9.11. The van der Waals surface area contributed by atoms with Crippen LogP contribution in [0.5, 0.6) is 0 Å². The number of aromatic nitrogens is 3. The first-order valence-electron chi connectivity index (χ1n) is 2.35. The number of nitrogens with zero attached hydrogens (tertiary/aromatic N) is 3. The number of hydrogen-bond donors (Lipinski definition) is 1. The summed E-state index contributed by atoms with van der Waals surface area (Å²) in [6, 6.07) is 0. The van der Waals surface area contributed by atoms with Gasteiger partial charge in [0.2, 0.25) is 5.95 Å². The number of nitrogens with one attached hydrogen (secondary N) is 1. The average Bonchev–Trinajstić information content (AvgIpc) is 1.88. The minimum atomic E-state index is -0.769. The van der Waals surface area contributed by atoms with Gasteiger partial charge >= 0.3 is 6.08 Å². The number of hydrogen-bond acceptors (Lipinski definition) is 4. The molecule has 0 bridgehead atoms. The second kappa shape index (κ2) is 2.34. The van der Waals surface area contributed by atoms with E-state index in [4.69, 9.17) is 0 Å². The Bertz CT molecular complexity index is 202. The summed E-state index contributed by atoms with van der Waals surface area (Å²) in [4.78, 5) is 10.0. The van der Waals surface area contributed by atoms with Crippen molar-refractivity contribution in [3.63, 3.8) is 0 Å².